The molecule has 40 heavy (non-hydrogen) atoms. The fraction of sp³-hybridized carbons (Fsp3) is 0.233. The van der Waals surface area contributed by atoms with Gasteiger partial charge < -0.3 is 15.3 Å². The molecule has 5 rings (SSSR count). The molecular weight excluding hydrogens is 500 g/mol. The Morgan fingerprint density at radius 2 is 1.80 bits per heavy atom. The number of benzene rings is 1. The molecule has 3 aromatic heterocycles. The predicted octanol–water partition coefficient (Wildman–Crippen LogP) is 4.36. The molecule has 0 radical (unpaired) electrons. The highest BCUT2D eigenvalue weighted by Gasteiger charge is 2.44. The molecule has 1 aromatic carbocycles. The summed E-state index contributed by atoms with van der Waals surface area (Å²) < 4.78 is 1.77. The number of nitriles is 3. The van der Waals surface area contributed by atoms with Gasteiger partial charge in [-0.1, -0.05) is 36.4 Å². The molecule has 1 aliphatic carbocycles. The van der Waals surface area contributed by atoms with Gasteiger partial charge in [0.25, 0.3) is 0 Å². The van der Waals surface area contributed by atoms with Crippen LogP contribution < -0.4 is 5.73 Å². The van der Waals surface area contributed by atoms with Gasteiger partial charge in [-0.05, 0) is 30.9 Å². The summed E-state index contributed by atoms with van der Waals surface area (Å²) in [6.07, 6.45) is 10.4. The maximum absolute atomic E-state index is 9.62. The van der Waals surface area contributed by atoms with Gasteiger partial charge in [0.1, 0.15) is 18.2 Å². The highest BCUT2D eigenvalue weighted by molar-refractivity contribution is 6.13. The van der Waals surface area contributed by atoms with E-state index in [1.165, 1.54) is 0 Å². The van der Waals surface area contributed by atoms with Gasteiger partial charge in [0, 0.05) is 60.6 Å². The number of aromatic amines is 1. The van der Waals surface area contributed by atoms with Crippen molar-refractivity contribution in [3.63, 3.8) is 0 Å². The number of amidine groups is 2. The quantitative estimate of drug-likeness (QED) is 0.279. The molecular formula is C30H26N10. The summed E-state index contributed by atoms with van der Waals surface area (Å²) in [6, 6.07) is 19.3. The zero-order valence-corrected chi connectivity index (χ0v) is 21.9. The number of hydrogen-bond donors (Lipinski definition) is 2. The second-order valence-electron chi connectivity index (χ2n) is 9.68. The molecule has 2 atom stereocenters. The minimum Gasteiger partial charge on any atom is -0.381 e. The van der Waals surface area contributed by atoms with E-state index in [1.54, 1.807) is 29.4 Å². The van der Waals surface area contributed by atoms with Crippen LogP contribution in [0, 0.1) is 45.3 Å². The number of aryl methyl sites for hydroxylation is 1. The maximum atomic E-state index is 9.62. The number of nitrogens with zero attached hydrogens (tertiary/aromatic N) is 8. The van der Waals surface area contributed by atoms with Crippen molar-refractivity contribution in [3.8, 4) is 40.5 Å². The van der Waals surface area contributed by atoms with Crippen molar-refractivity contribution in [2.45, 2.75) is 25.3 Å². The first-order valence-electron chi connectivity index (χ1n) is 12.8. The van der Waals surface area contributed by atoms with Crippen LogP contribution in [0.15, 0.2) is 83.4 Å². The summed E-state index contributed by atoms with van der Waals surface area (Å²) in [5.74, 6) is 0.644. The maximum Gasteiger partial charge on any atom is 0.231 e. The van der Waals surface area contributed by atoms with Gasteiger partial charge in [-0.25, -0.2) is 9.98 Å². The number of nitrogens with one attached hydrogen (secondary N) is 1. The molecule has 196 valence electrons. The summed E-state index contributed by atoms with van der Waals surface area (Å²) in [5.41, 5.74) is 9.11. The van der Waals surface area contributed by atoms with E-state index in [9.17, 15) is 15.8 Å². The Hall–Kier alpha value is -5.53. The van der Waals surface area contributed by atoms with Crippen molar-refractivity contribution in [1.82, 2.24) is 19.5 Å². The van der Waals surface area contributed by atoms with E-state index < -0.39 is 11.3 Å². The van der Waals surface area contributed by atoms with Crippen LogP contribution in [0.5, 0.6) is 0 Å². The molecule has 0 saturated heterocycles. The van der Waals surface area contributed by atoms with Gasteiger partial charge >= 0.3 is 0 Å². The molecule has 3 N–H and O–H groups in total. The molecule has 1 fully saturated rings. The Morgan fingerprint density at radius 3 is 2.45 bits per heavy atom. The Kier molecular flexibility index (Phi) is 7.22. The topological polar surface area (TPSA) is 169 Å². The molecule has 0 bridgehead atoms. The summed E-state index contributed by atoms with van der Waals surface area (Å²) in [7, 11) is 1.83. The number of nitrogens with two attached hydrogens (primary N) is 1. The van der Waals surface area contributed by atoms with Crippen LogP contribution in [0.25, 0.3) is 22.3 Å². The predicted molar refractivity (Wildman–Crippen MR) is 150 cm³/mol. The minimum absolute atomic E-state index is 0.192. The normalized spacial score (nSPS) is 17.6. The average Bonchev–Trinajstić information content (AvgIpc) is 3.75. The van der Waals surface area contributed by atoms with Crippen LogP contribution in [-0.4, -0.2) is 37.2 Å². The van der Waals surface area contributed by atoms with E-state index in [-0.39, 0.29) is 11.9 Å². The summed E-state index contributed by atoms with van der Waals surface area (Å²) in [4.78, 5) is 21.8. The number of aliphatic imine (C=N–C) groups is 2. The third-order valence-electron chi connectivity index (χ3n) is 7.27. The second kappa shape index (κ2) is 11.1. The molecule has 0 spiro atoms. The van der Waals surface area contributed by atoms with Crippen molar-refractivity contribution >= 4 is 11.7 Å². The smallest absolute Gasteiger partial charge is 0.231 e. The SMILES string of the molecule is Cn1ccnc1C(N)=NC(=NC1CCC(C(C#N)(C#N)C#N)C1)c1[nH]cc(-c2cccnc2)c1-c1ccccc1. The van der Waals surface area contributed by atoms with Gasteiger partial charge in [-0.15, -0.1) is 0 Å². The molecule has 0 aliphatic heterocycles. The fourth-order valence-corrected chi connectivity index (χ4v) is 5.17. The molecule has 0 amide bonds. The van der Waals surface area contributed by atoms with Crippen LogP contribution in [0.2, 0.25) is 0 Å². The molecule has 10 nitrogen and oxygen atoms in total. The van der Waals surface area contributed by atoms with E-state index in [1.807, 2.05) is 73.9 Å². The van der Waals surface area contributed by atoms with E-state index in [2.05, 4.69) is 15.0 Å². The number of rotatable bonds is 6. The summed E-state index contributed by atoms with van der Waals surface area (Å²) >= 11 is 0. The lowest BCUT2D eigenvalue weighted by molar-refractivity contribution is 0.398. The molecule has 10 heteroatoms. The van der Waals surface area contributed by atoms with E-state index in [4.69, 9.17) is 15.7 Å². The van der Waals surface area contributed by atoms with Crippen LogP contribution >= 0.6 is 0 Å². The average molecular weight is 527 g/mol. The zero-order valence-electron chi connectivity index (χ0n) is 21.9. The molecule has 3 heterocycles. The van der Waals surface area contributed by atoms with Gasteiger partial charge in [0.15, 0.2) is 17.5 Å². The first-order valence-corrected chi connectivity index (χ1v) is 12.8. The number of hydrogen-bond acceptors (Lipinski definition) is 6. The van der Waals surface area contributed by atoms with Crippen molar-refractivity contribution in [2.75, 3.05) is 0 Å². The van der Waals surface area contributed by atoms with E-state index in [0.29, 0.717) is 36.6 Å². The molecule has 1 saturated carbocycles. The van der Waals surface area contributed by atoms with Crippen LogP contribution in [0.4, 0.5) is 0 Å². The number of H-pyrrole nitrogens is 1. The lowest BCUT2D eigenvalue weighted by atomic mass is 9.78. The number of imidazole rings is 1. The monoisotopic (exact) mass is 526 g/mol. The van der Waals surface area contributed by atoms with Crippen molar-refractivity contribution < 1.29 is 0 Å². The fourth-order valence-electron chi connectivity index (χ4n) is 5.17. The molecule has 2 unspecified atom stereocenters. The van der Waals surface area contributed by atoms with Crippen LogP contribution in [0.3, 0.4) is 0 Å². The van der Waals surface area contributed by atoms with Gasteiger partial charge in [0.2, 0.25) is 5.41 Å². The summed E-state index contributed by atoms with van der Waals surface area (Å²) in [6.45, 7) is 0. The number of aromatic nitrogens is 4. The van der Waals surface area contributed by atoms with Gasteiger partial charge in [-0.3, -0.25) is 9.98 Å². The Bertz CT molecular complexity index is 1650. The Morgan fingerprint density at radius 1 is 1.05 bits per heavy atom. The third-order valence-corrected chi connectivity index (χ3v) is 7.27. The van der Waals surface area contributed by atoms with Gasteiger partial charge in [0.05, 0.1) is 11.7 Å². The van der Waals surface area contributed by atoms with Gasteiger partial charge in [-0.2, -0.15) is 15.8 Å². The van der Waals surface area contributed by atoms with Crippen molar-refractivity contribution in [3.05, 3.63) is 85.0 Å². The molecule has 1 aliphatic rings. The Balaban J connectivity index is 1.66. The van der Waals surface area contributed by atoms with Crippen LogP contribution in [-0.2, 0) is 7.05 Å². The van der Waals surface area contributed by atoms with E-state index in [0.717, 1.165) is 22.3 Å². The Labute approximate surface area is 231 Å². The lowest BCUT2D eigenvalue weighted by Crippen LogP contribution is -2.24. The standard InChI is InChI=1S/C30H26N10/c1-40-13-12-36-29(40)27(34)39-28(38-23-10-9-22(14-23)30(17-31,18-32)19-33)26-25(20-6-3-2-4-7-20)24(16-37-26)21-8-5-11-35-15-21/h2-8,11-13,15-16,22-23,37H,9-10,14H2,1H3,(H2,34,38,39). The number of pyridine rings is 1. The van der Waals surface area contributed by atoms with Crippen molar-refractivity contribution in [1.29, 1.82) is 15.8 Å². The first-order chi connectivity index (χ1) is 19.5. The zero-order chi connectivity index (χ0) is 28.1. The highest BCUT2D eigenvalue weighted by atomic mass is 15.1. The largest absolute Gasteiger partial charge is 0.381 e. The summed E-state index contributed by atoms with van der Waals surface area (Å²) in [5, 5.41) is 28.9. The lowest BCUT2D eigenvalue weighted by Gasteiger charge is -2.17. The highest BCUT2D eigenvalue weighted by Crippen LogP contribution is 2.41. The second-order valence-corrected chi connectivity index (χ2v) is 9.68. The third kappa shape index (κ3) is 4.84. The van der Waals surface area contributed by atoms with E-state index >= 15 is 0 Å². The van der Waals surface area contributed by atoms with Crippen LogP contribution in [0.1, 0.15) is 30.8 Å². The minimum atomic E-state index is -1.70. The first kappa shape index (κ1) is 26.1. The van der Waals surface area contributed by atoms with Crippen molar-refractivity contribution in [2.24, 2.45) is 34.1 Å². The molecule has 4 aromatic rings.